The first-order chi connectivity index (χ1) is 9.72. The van der Waals surface area contributed by atoms with Crippen molar-refractivity contribution in [2.75, 3.05) is 6.54 Å². The van der Waals surface area contributed by atoms with Crippen LogP contribution in [0.2, 0.25) is 0 Å². The van der Waals surface area contributed by atoms with Crippen molar-refractivity contribution < 1.29 is 9.32 Å². The standard InChI is InChI=1S/C15H17N3O2/c1-11-16-15(17-20-11)13-7-5-12(6-8-13)10-18-9-3-2-4-14(18)19/h5-8H,2-4,9-10H2,1H3. The van der Waals surface area contributed by atoms with Crippen molar-refractivity contribution in [1.29, 1.82) is 0 Å². The van der Waals surface area contributed by atoms with E-state index in [1.54, 1.807) is 6.92 Å². The molecule has 5 nitrogen and oxygen atoms in total. The number of carbonyl (C=O) groups is 1. The summed E-state index contributed by atoms with van der Waals surface area (Å²) in [6.07, 6.45) is 2.80. The fourth-order valence-electron chi connectivity index (χ4n) is 2.43. The molecule has 5 heteroatoms. The normalized spacial score (nSPS) is 15.7. The summed E-state index contributed by atoms with van der Waals surface area (Å²) in [6.45, 7) is 3.32. The van der Waals surface area contributed by atoms with E-state index in [0.717, 1.165) is 30.5 Å². The van der Waals surface area contributed by atoms with Crippen LogP contribution in [0.15, 0.2) is 28.8 Å². The quantitative estimate of drug-likeness (QED) is 0.860. The van der Waals surface area contributed by atoms with Crippen LogP contribution in [-0.2, 0) is 11.3 Å². The molecule has 0 bridgehead atoms. The molecule has 104 valence electrons. The Kier molecular flexibility index (Phi) is 3.50. The molecular formula is C15H17N3O2. The predicted octanol–water partition coefficient (Wildman–Crippen LogP) is 2.56. The van der Waals surface area contributed by atoms with E-state index in [-0.39, 0.29) is 5.91 Å². The maximum absolute atomic E-state index is 11.8. The van der Waals surface area contributed by atoms with Gasteiger partial charge in [-0.1, -0.05) is 29.4 Å². The summed E-state index contributed by atoms with van der Waals surface area (Å²) in [4.78, 5) is 17.9. The molecule has 0 atom stereocenters. The fourth-order valence-corrected chi connectivity index (χ4v) is 2.43. The van der Waals surface area contributed by atoms with Crippen molar-refractivity contribution in [1.82, 2.24) is 15.0 Å². The molecular weight excluding hydrogens is 254 g/mol. The highest BCUT2D eigenvalue weighted by molar-refractivity contribution is 5.76. The maximum Gasteiger partial charge on any atom is 0.223 e. The summed E-state index contributed by atoms with van der Waals surface area (Å²) in [5.74, 6) is 1.42. The lowest BCUT2D eigenvalue weighted by atomic mass is 10.1. The van der Waals surface area contributed by atoms with E-state index in [9.17, 15) is 4.79 Å². The van der Waals surface area contributed by atoms with E-state index >= 15 is 0 Å². The highest BCUT2D eigenvalue weighted by Crippen LogP contribution is 2.19. The second kappa shape index (κ2) is 5.45. The van der Waals surface area contributed by atoms with Gasteiger partial charge in [0.1, 0.15) is 0 Å². The van der Waals surface area contributed by atoms with Gasteiger partial charge in [0.15, 0.2) is 0 Å². The van der Waals surface area contributed by atoms with Gasteiger partial charge in [-0.15, -0.1) is 0 Å². The van der Waals surface area contributed by atoms with Crippen molar-refractivity contribution >= 4 is 5.91 Å². The summed E-state index contributed by atoms with van der Waals surface area (Å²) >= 11 is 0. The molecule has 1 fully saturated rings. The highest BCUT2D eigenvalue weighted by Gasteiger charge is 2.17. The van der Waals surface area contributed by atoms with Gasteiger partial charge in [0.2, 0.25) is 17.6 Å². The molecule has 0 radical (unpaired) electrons. The summed E-state index contributed by atoms with van der Waals surface area (Å²) in [5.41, 5.74) is 2.06. The highest BCUT2D eigenvalue weighted by atomic mass is 16.5. The summed E-state index contributed by atoms with van der Waals surface area (Å²) in [7, 11) is 0. The number of aromatic nitrogens is 2. The lowest BCUT2D eigenvalue weighted by Gasteiger charge is -2.26. The molecule has 0 aliphatic carbocycles. The van der Waals surface area contributed by atoms with E-state index in [1.165, 1.54) is 0 Å². The molecule has 0 N–H and O–H groups in total. The Hall–Kier alpha value is -2.17. The SMILES string of the molecule is Cc1nc(-c2ccc(CN3CCCCC3=O)cc2)no1. The second-order valence-electron chi connectivity index (χ2n) is 5.11. The van der Waals surface area contributed by atoms with Crippen LogP contribution in [0.4, 0.5) is 0 Å². The van der Waals surface area contributed by atoms with E-state index in [0.29, 0.717) is 24.7 Å². The van der Waals surface area contributed by atoms with Crippen LogP contribution in [0.1, 0.15) is 30.7 Å². The van der Waals surface area contributed by atoms with E-state index in [1.807, 2.05) is 29.2 Å². The zero-order chi connectivity index (χ0) is 13.9. The third-order valence-corrected chi connectivity index (χ3v) is 3.53. The Bertz CT molecular complexity index is 604. The number of nitrogens with zero attached hydrogens (tertiary/aromatic N) is 3. The van der Waals surface area contributed by atoms with Crippen molar-refractivity contribution in [3.63, 3.8) is 0 Å². The Morgan fingerprint density at radius 3 is 2.70 bits per heavy atom. The summed E-state index contributed by atoms with van der Waals surface area (Å²) in [5, 5.41) is 3.89. The summed E-state index contributed by atoms with van der Waals surface area (Å²) < 4.78 is 4.97. The zero-order valence-electron chi connectivity index (χ0n) is 11.5. The molecule has 1 aliphatic rings. The molecule has 2 heterocycles. The molecule has 1 aromatic heterocycles. The number of likely N-dealkylation sites (tertiary alicyclic amines) is 1. The number of hydrogen-bond acceptors (Lipinski definition) is 4. The Balaban J connectivity index is 1.71. The second-order valence-corrected chi connectivity index (χ2v) is 5.11. The lowest BCUT2D eigenvalue weighted by molar-refractivity contribution is -0.133. The lowest BCUT2D eigenvalue weighted by Crippen LogP contribution is -2.34. The first-order valence-corrected chi connectivity index (χ1v) is 6.90. The Morgan fingerprint density at radius 2 is 2.05 bits per heavy atom. The monoisotopic (exact) mass is 271 g/mol. The van der Waals surface area contributed by atoms with Crippen molar-refractivity contribution in [3.8, 4) is 11.4 Å². The topological polar surface area (TPSA) is 59.2 Å². The van der Waals surface area contributed by atoms with E-state index in [4.69, 9.17) is 4.52 Å². The third kappa shape index (κ3) is 2.71. The zero-order valence-corrected chi connectivity index (χ0v) is 11.5. The van der Waals surface area contributed by atoms with E-state index in [2.05, 4.69) is 10.1 Å². The average Bonchev–Trinajstić information content (AvgIpc) is 2.89. The van der Waals surface area contributed by atoms with Crippen LogP contribution in [0, 0.1) is 6.92 Å². The molecule has 3 rings (SSSR count). The van der Waals surface area contributed by atoms with Crippen LogP contribution in [-0.4, -0.2) is 27.5 Å². The molecule has 0 saturated carbocycles. The third-order valence-electron chi connectivity index (χ3n) is 3.53. The first-order valence-electron chi connectivity index (χ1n) is 6.90. The number of carbonyl (C=O) groups excluding carboxylic acids is 1. The fraction of sp³-hybridized carbons (Fsp3) is 0.400. The molecule has 1 aliphatic heterocycles. The number of aryl methyl sites for hydroxylation is 1. The van der Waals surface area contributed by atoms with Gasteiger partial charge in [0, 0.05) is 32.0 Å². The van der Waals surface area contributed by atoms with Gasteiger partial charge in [0.25, 0.3) is 0 Å². The van der Waals surface area contributed by atoms with Crippen LogP contribution in [0.25, 0.3) is 11.4 Å². The van der Waals surface area contributed by atoms with Gasteiger partial charge in [0.05, 0.1) is 0 Å². The van der Waals surface area contributed by atoms with Crippen LogP contribution in [0.5, 0.6) is 0 Å². The smallest absolute Gasteiger partial charge is 0.223 e. The van der Waals surface area contributed by atoms with Crippen LogP contribution < -0.4 is 0 Å². The number of hydrogen-bond donors (Lipinski definition) is 0. The molecule has 1 aromatic carbocycles. The minimum absolute atomic E-state index is 0.258. The number of benzene rings is 1. The largest absolute Gasteiger partial charge is 0.339 e. The number of rotatable bonds is 3. The van der Waals surface area contributed by atoms with Gasteiger partial charge in [-0.05, 0) is 18.4 Å². The van der Waals surface area contributed by atoms with Gasteiger partial charge in [-0.3, -0.25) is 4.79 Å². The molecule has 0 unspecified atom stereocenters. The molecule has 2 aromatic rings. The number of amides is 1. The number of piperidine rings is 1. The predicted molar refractivity (Wildman–Crippen MR) is 73.7 cm³/mol. The first kappa shape index (κ1) is 12.8. The van der Waals surface area contributed by atoms with Crippen molar-refractivity contribution in [2.45, 2.75) is 32.7 Å². The molecule has 1 saturated heterocycles. The Labute approximate surface area is 117 Å². The average molecular weight is 271 g/mol. The Morgan fingerprint density at radius 1 is 1.25 bits per heavy atom. The van der Waals surface area contributed by atoms with E-state index < -0.39 is 0 Å². The van der Waals surface area contributed by atoms with Crippen LogP contribution in [0.3, 0.4) is 0 Å². The van der Waals surface area contributed by atoms with Crippen molar-refractivity contribution in [2.24, 2.45) is 0 Å². The van der Waals surface area contributed by atoms with Crippen LogP contribution >= 0.6 is 0 Å². The molecule has 20 heavy (non-hydrogen) atoms. The molecule has 0 spiro atoms. The maximum atomic E-state index is 11.8. The molecule has 1 amide bonds. The van der Waals surface area contributed by atoms with Gasteiger partial charge in [-0.2, -0.15) is 4.98 Å². The van der Waals surface area contributed by atoms with Gasteiger partial charge in [-0.25, -0.2) is 0 Å². The van der Waals surface area contributed by atoms with Crippen molar-refractivity contribution in [3.05, 3.63) is 35.7 Å². The minimum atomic E-state index is 0.258. The minimum Gasteiger partial charge on any atom is -0.339 e. The summed E-state index contributed by atoms with van der Waals surface area (Å²) in [6, 6.07) is 7.97. The van der Waals surface area contributed by atoms with Gasteiger partial charge < -0.3 is 9.42 Å². The van der Waals surface area contributed by atoms with Gasteiger partial charge >= 0.3 is 0 Å².